The molecule has 5 nitrogen and oxygen atoms in total. The molecule has 0 bridgehead atoms. The van der Waals surface area contributed by atoms with Crippen LogP contribution < -0.4 is 20.1 Å². The van der Waals surface area contributed by atoms with Gasteiger partial charge in [-0.25, -0.2) is 0 Å². The summed E-state index contributed by atoms with van der Waals surface area (Å²) in [6.07, 6.45) is 6.15. The van der Waals surface area contributed by atoms with Crippen LogP contribution in [0.15, 0.2) is 48.5 Å². The van der Waals surface area contributed by atoms with Crippen LogP contribution in [0.25, 0.3) is 0 Å². The lowest BCUT2D eigenvalue weighted by Gasteiger charge is -2.31. The monoisotopic (exact) mass is 444 g/mol. The first kappa shape index (κ1) is 23.4. The number of fused-ring (bicyclic) bond motifs is 1. The number of amides is 1. The molecule has 31 heavy (non-hydrogen) atoms. The van der Waals surface area contributed by atoms with Gasteiger partial charge in [0.25, 0.3) is 0 Å². The standard InChI is InChI=1S/C25H32N2O3.ClH/c1-17(26-2)25(28)27-20-9-11-21(12-10-20)29-22-13-15-24-19(16-22)8-14-23(30-24)18-6-4-3-5-7-18;/h3-7,13,15-17,20-21,23,26H,8-12,14H2,1-2H3,(H,27,28);1H/t17-,20-,21-,23?;/m0./s1. The fourth-order valence-electron chi connectivity index (χ4n) is 4.32. The maximum Gasteiger partial charge on any atom is 0.237 e. The van der Waals surface area contributed by atoms with Gasteiger partial charge in [-0.05, 0) is 81.8 Å². The van der Waals surface area contributed by atoms with Crippen molar-refractivity contribution >= 4 is 18.3 Å². The van der Waals surface area contributed by atoms with E-state index in [4.69, 9.17) is 9.47 Å². The lowest BCUT2D eigenvalue weighted by Crippen LogP contribution is -2.47. The highest BCUT2D eigenvalue weighted by Crippen LogP contribution is 2.37. The number of carbonyl (C=O) groups excluding carboxylic acids is 1. The van der Waals surface area contributed by atoms with E-state index in [-0.39, 0.29) is 42.6 Å². The minimum atomic E-state index is -0.154. The summed E-state index contributed by atoms with van der Waals surface area (Å²) < 4.78 is 12.5. The molecule has 0 spiro atoms. The lowest BCUT2D eigenvalue weighted by molar-refractivity contribution is -0.123. The summed E-state index contributed by atoms with van der Waals surface area (Å²) in [6, 6.07) is 16.7. The van der Waals surface area contributed by atoms with Crippen LogP contribution in [0, 0.1) is 0 Å². The highest BCUT2D eigenvalue weighted by Gasteiger charge is 2.26. The number of halogens is 1. The number of aryl methyl sites for hydroxylation is 1. The van der Waals surface area contributed by atoms with E-state index < -0.39 is 0 Å². The quantitative estimate of drug-likeness (QED) is 0.684. The topological polar surface area (TPSA) is 59.6 Å². The van der Waals surface area contributed by atoms with Crippen LogP contribution in [0.1, 0.15) is 56.3 Å². The molecule has 0 radical (unpaired) electrons. The molecule has 0 saturated heterocycles. The van der Waals surface area contributed by atoms with Crippen molar-refractivity contribution in [3.05, 3.63) is 59.7 Å². The van der Waals surface area contributed by atoms with Crippen molar-refractivity contribution in [2.45, 2.75) is 69.7 Å². The Morgan fingerprint density at radius 2 is 1.81 bits per heavy atom. The van der Waals surface area contributed by atoms with Crippen molar-refractivity contribution in [3.8, 4) is 11.5 Å². The zero-order valence-corrected chi connectivity index (χ0v) is 19.1. The number of benzene rings is 2. The third kappa shape index (κ3) is 5.92. The molecular formula is C25H33ClN2O3. The molecule has 0 aromatic heterocycles. The van der Waals surface area contributed by atoms with Gasteiger partial charge in [-0.1, -0.05) is 30.3 Å². The Labute approximate surface area is 191 Å². The van der Waals surface area contributed by atoms with Gasteiger partial charge >= 0.3 is 0 Å². The Morgan fingerprint density at radius 3 is 2.52 bits per heavy atom. The zero-order valence-electron chi connectivity index (χ0n) is 18.3. The van der Waals surface area contributed by atoms with Crippen molar-refractivity contribution in [3.63, 3.8) is 0 Å². The first-order valence-electron chi connectivity index (χ1n) is 11.1. The van der Waals surface area contributed by atoms with Crippen LogP contribution in [0.4, 0.5) is 0 Å². The molecule has 4 rings (SSSR count). The maximum atomic E-state index is 12.0. The predicted octanol–water partition coefficient (Wildman–Crippen LogP) is 4.59. The third-order valence-corrected chi connectivity index (χ3v) is 6.30. The normalized spacial score (nSPS) is 23.5. The van der Waals surface area contributed by atoms with Gasteiger partial charge in [0.15, 0.2) is 0 Å². The Kier molecular flexibility index (Phi) is 8.22. The Balaban J connectivity index is 0.00000272. The van der Waals surface area contributed by atoms with Crippen LogP contribution >= 0.6 is 12.4 Å². The summed E-state index contributed by atoms with van der Waals surface area (Å²) in [6.45, 7) is 1.88. The molecule has 2 aliphatic rings. The molecule has 1 aliphatic carbocycles. The summed E-state index contributed by atoms with van der Waals surface area (Å²) in [5.41, 5.74) is 2.46. The minimum Gasteiger partial charge on any atom is -0.490 e. The summed E-state index contributed by atoms with van der Waals surface area (Å²) in [4.78, 5) is 12.0. The van der Waals surface area contributed by atoms with Gasteiger partial charge in [0, 0.05) is 6.04 Å². The van der Waals surface area contributed by atoms with Crippen molar-refractivity contribution in [1.29, 1.82) is 0 Å². The van der Waals surface area contributed by atoms with Crippen LogP contribution in [0.3, 0.4) is 0 Å². The number of hydrogen-bond donors (Lipinski definition) is 2. The van der Waals surface area contributed by atoms with Gasteiger partial charge in [0.1, 0.15) is 17.6 Å². The highest BCUT2D eigenvalue weighted by molar-refractivity contribution is 5.85. The second-order valence-electron chi connectivity index (χ2n) is 8.44. The predicted molar refractivity (Wildman–Crippen MR) is 125 cm³/mol. The third-order valence-electron chi connectivity index (χ3n) is 6.30. The Bertz CT molecular complexity index is 853. The minimum absolute atomic E-state index is 0. The van der Waals surface area contributed by atoms with Gasteiger partial charge in [-0.3, -0.25) is 4.79 Å². The average Bonchev–Trinajstić information content (AvgIpc) is 2.80. The van der Waals surface area contributed by atoms with E-state index in [0.29, 0.717) is 0 Å². The molecule has 1 unspecified atom stereocenters. The lowest BCUT2D eigenvalue weighted by atomic mass is 9.92. The van der Waals surface area contributed by atoms with E-state index in [1.807, 2.05) is 25.1 Å². The Morgan fingerprint density at radius 1 is 1.06 bits per heavy atom. The molecule has 2 N–H and O–H groups in total. The van der Waals surface area contributed by atoms with E-state index in [1.54, 1.807) is 7.05 Å². The van der Waals surface area contributed by atoms with Gasteiger partial charge in [0.2, 0.25) is 5.91 Å². The number of nitrogens with one attached hydrogen (secondary N) is 2. The van der Waals surface area contributed by atoms with Gasteiger partial charge < -0.3 is 20.1 Å². The van der Waals surface area contributed by atoms with Crippen molar-refractivity contribution in [2.24, 2.45) is 0 Å². The molecule has 1 heterocycles. The number of rotatable bonds is 6. The Hall–Kier alpha value is -2.24. The highest BCUT2D eigenvalue weighted by atomic mass is 35.5. The molecule has 2 atom stereocenters. The first-order chi connectivity index (χ1) is 14.6. The van der Waals surface area contributed by atoms with Crippen molar-refractivity contribution in [2.75, 3.05) is 7.05 Å². The van der Waals surface area contributed by atoms with E-state index in [2.05, 4.69) is 41.0 Å². The van der Waals surface area contributed by atoms with Gasteiger partial charge in [-0.2, -0.15) is 0 Å². The molecule has 168 valence electrons. The van der Waals surface area contributed by atoms with Gasteiger partial charge in [0.05, 0.1) is 12.1 Å². The van der Waals surface area contributed by atoms with Crippen molar-refractivity contribution in [1.82, 2.24) is 10.6 Å². The van der Waals surface area contributed by atoms with Crippen molar-refractivity contribution < 1.29 is 14.3 Å². The number of ether oxygens (including phenoxy) is 2. The zero-order chi connectivity index (χ0) is 20.9. The van der Waals surface area contributed by atoms with Gasteiger partial charge in [-0.15, -0.1) is 12.4 Å². The summed E-state index contributed by atoms with van der Waals surface area (Å²) in [7, 11) is 1.81. The van der Waals surface area contributed by atoms with Crippen LogP contribution in [0.5, 0.6) is 11.5 Å². The van der Waals surface area contributed by atoms with E-state index in [9.17, 15) is 4.79 Å². The number of carbonyl (C=O) groups is 1. The largest absolute Gasteiger partial charge is 0.490 e. The molecule has 1 fully saturated rings. The smallest absolute Gasteiger partial charge is 0.237 e. The molecule has 2 aromatic carbocycles. The molecular weight excluding hydrogens is 412 g/mol. The molecule has 6 heteroatoms. The second kappa shape index (κ2) is 10.9. The molecule has 1 saturated carbocycles. The van der Waals surface area contributed by atoms with Crippen LogP contribution in [-0.4, -0.2) is 31.1 Å². The number of likely N-dealkylation sites (N-methyl/N-ethyl adjacent to an activating group) is 1. The second-order valence-corrected chi connectivity index (χ2v) is 8.44. The summed E-state index contributed by atoms with van der Waals surface area (Å²) >= 11 is 0. The van der Waals surface area contributed by atoms with E-state index in [1.165, 1.54) is 11.1 Å². The fourth-order valence-corrected chi connectivity index (χ4v) is 4.32. The maximum absolute atomic E-state index is 12.0. The first-order valence-corrected chi connectivity index (χ1v) is 11.1. The summed E-state index contributed by atoms with van der Waals surface area (Å²) in [5, 5.41) is 6.12. The van der Waals surface area contributed by atoms with Crippen LogP contribution in [0.2, 0.25) is 0 Å². The SMILES string of the molecule is CN[C@@H](C)C(=O)N[C@H]1CC[C@H](Oc2ccc3c(c2)CCC(c2ccccc2)O3)CC1.Cl. The van der Waals surface area contributed by atoms with E-state index >= 15 is 0 Å². The summed E-state index contributed by atoms with van der Waals surface area (Å²) in [5.74, 6) is 1.96. The average molecular weight is 445 g/mol. The molecule has 1 amide bonds. The number of hydrogen-bond acceptors (Lipinski definition) is 4. The molecule has 2 aromatic rings. The van der Waals surface area contributed by atoms with E-state index in [0.717, 1.165) is 50.0 Å². The molecule has 1 aliphatic heterocycles. The fraction of sp³-hybridized carbons (Fsp3) is 0.480. The van der Waals surface area contributed by atoms with Crippen LogP contribution in [-0.2, 0) is 11.2 Å².